The molecule has 1 N–H and O–H groups in total. The molecule has 1 aromatic heterocycles. The zero-order chi connectivity index (χ0) is 17.4. The summed E-state index contributed by atoms with van der Waals surface area (Å²) >= 11 is 0. The topological polar surface area (TPSA) is 61.2 Å². The van der Waals surface area contributed by atoms with Crippen molar-refractivity contribution in [1.29, 1.82) is 0 Å². The van der Waals surface area contributed by atoms with Crippen LogP contribution in [0.2, 0.25) is 0 Å². The molecular weight excluding hydrogens is 316 g/mol. The van der Waals surface area contributed by atoms with E-state index in [1.807, 2.05) is 13.8 Å². The molecule has 2 aliphatic heterocycles. The molecule has 6 nitrogen and oxygen atoms in total. The maximum absolute atomic E-state index is 6.05. The van der Waals surface area contributed by atoms with Gasteiger partial charge in [-0.25, -0.2) is 0 Å². The third kappa shape index (κ3) is 3.23. The van der Waals surface area contributed by atoms with Crippen molar-refractivity contribution in [3.8, 4) is 11.5 Å². The van der Waals surface area contributed by atoms with Gasteiger partial charge in [0.1, 0.15) is 29.3 Å². The smallest absolute Gasteiger partial charge is 0.133 e. The number of aryl methyl sites for hydroxylation is 2. The number of ether oxygens (including phenoxy) is 2. The van der Waals surface area contributed by atoms with Crippen LogP contribution < -0.4 is 14.8 Å². The Hall–Kier alpha value is -2.08. The number of hydrogen-bond donors (Lipinski definition) is 1. The molecule has 0 aliphatic carbocycles. The maximum atomic E-state index is 6.05. The van der Waals surface area contributed by atoms with E-state index in [1.165, 1.54) is 11.1 Å². The minimum absolute atomic E-state index is 0.238. The third-order valence-electron chi connectivity index (χ3n) is 5.07. The number of benzene rings is 1. The summed E-state index contributed by atoms with van der Waals surface area (Å²) in [5.41, 5.74) is 2.45. The van der Waals surface area contributed by atoms with Gasteiger partial charge in [0.2, 0.25) is 0 Å². The lowest BCUT2D eigenvalue weighted by atomic mass is 10.0. The summed E-state index contributed by atoms with van der Waals surface area (Å²) in [6.07, 6.45) is 3.25. The van der Waals surface area contributed by atoms with Crippen LogP contribution in [0.15, 0.2) is 12.1 Å². The summed E-state index contributed by atoms with van der Waals surface area (Å²) in [5, 5.41) is 12.1. The molecule has 0 spiro atoms. The van der Waals surface area contributed by atoms with Gasteiger partial charge >= 0.3 is 0 Å². The molecule has 2 atom stereocenters. The molecule has 3 heterocycles. The number of hydrogen-bond acceptors (Lipinski definition) is 5. The van der Waals surface area contributed by atoms with Crippen LogP contribution in [0, 0.1) is 6.92 Å². The van der Waals surface area contributed by atoms with E-state index in [1.54, 1.807) is 0 Å². The average Bonchev–Trinajstić information content (AvgIpc) is 3.15. The van der Waals surface area contributed by atoms with E-state index >= 15 is 0 Å². The van der Waals surface area contributed by atoms with Gasteiger partial charge in [0, 0.05) is 43.1 Å². The summed E-state index contributed by atoms with van der Waals surface area (Å²) < 4.78 is 14.0. The fourth-order valence-electron chi connectivity index (χ4n) is 3.84. The molecule has 4 rings (SSSR count). The van der Waals surface area contributed by atoms with E-state index in [9.17, 15) is 0 Å². The van der Waals surface area contributed by atoms with Gasteiger partial charge in [-0.1, -0.05) is 0 Å². The molecule has 0 fully saturated rings. The number of nitrogens with one attached hydrogen (secondary N) is 1. The van der Waals surface area contributed by atoms with Gasteiger partial charge in [-0.05, 0) is 39.3 Å². The zero-order valence-electron chi connectivity index (χ0n) is 15.2. The quantitative estimate of drug-likeness (QED) is 0.904. The molecule has 0 bridgehead atoms. The van der Waals surface area contributed by atoms with Crippen molar-refractivity contribution in [2.45, 2.75) is 65.3 Å². The predicted octanol–water partition coefficient (Wildman–Crippen LogP) is 2.41. The van der Waals surface area contributed by atoms with Gasteiger partial charge in [-0.3, -0.25) is 0 Å². The Kier molecular flexibility index (Phi) is 4.37. The summed E-state index contributed by atoms with van der Waals surface area (Å²) in [6, 6.07) is 4.66. The molecule has 0 saturated carbocycles. The normalized spacial score (nSPS) is 21.6. The molecule has 2 aliphatic rings. The Morgan fingerprint density at radius 1 is 1.36 bits per heavy atom. The van der Waals surface area contributed by atoms with Crippen LogP contribution in [-0.4, -0.2) is 33.5 Å². The van der Waals surface area contributed by atoms with E-state index in [2.05, 4.69) is 39.1 Å². The van der Waals surface area contributed by atoms with Crippen molar-refractivity contribution in [3.63, 3.8) is 0 Å². The van der Waals surface area contributed by atoms with E-state index < -0.39 is 0 Å². The molecule has 0 saturated heterocycles. The van der Waals surface area contributed by atoms with E-state index in [0.29, 0.717) is 12.6 Å². The van der Waals surface area contributed by atoms with Crippen LogP contribution >= 0.6 is 0 Å². The second kappa shape index (κ2) is 6.67. The highest BCUT2D eigenvalue weighted by Crippen LogP contribution is 2.36. The Morgan fingerprint density at radius 2 is 2.24 bits per heavy atom. The van der Waals surface area contributed by atoms with Crippen molar-refractivity contribution in [2.75, 3.05) is 6.61 Å². The van der Waals surface area contributed by atoms with Crippen LogP contribution in [-0.2, 0) is 25.9 Å². The number of rotatable bonds is 5. The fraction of sp³-hybridized carbons (Fsp3) is 0.579. The monoisotopic (exact) mass is 342 g/mol. The third-order valence-corrected chi connectivity index (χ3v) is 5.07. The van der Waals surface area contributed by atoms with Gasteiger partial charge in [-0.2, -0.15) is 0 Å². The second-order valence-electron chi connectivity index (χ2n) is 7.03. The number of nitrogens with zero attached hydrogens (tertiary/aromatic N) is 3. The summed E-state index contributed by atoms with van der Waals surface area (Å²) in [4.78, 5) is 0. The molecule has 134 valence electrons. The van der Waals surface area contributed by atoms with Crippen LogP contribution in [0.4, 0.5) is 0 Å². The summed E-state index contributed by atoms with van der Waals surface area (Å²) in [6.45, 7) is 8.56. The van der Waals surface area contributed by atoms with E-state index in [4.69, 9.17) is 9.47 Å². The highest BCUT2D eigenvalue weighted by molar-refractivity contribution is 5.49. The first kappa shape index (κ1) is 16.4. The highest BCUT2D eigenvalue weighted by Gasteiger charge is 2.25. The van der Waals surface area contributed by atoms with Crippen molar-refractivity contribution in [3.05, 3.63) is 34.9 Å². The number of aromatic nitrogens is 3. The Balaban J connectivity index is 1.49. The van der Waals surface area contributed by atoms with Gasteiger partial charge in [0.25, 0.3) is 0 Å². The SMILES string of the molecule is CCOc1cc(CNC2CCc3nnc(C)n3C2)c2c(c1)CC(C)O2. The lowest BCUT2D eigenvalue weighted by Gasteiger charge is -2.25. The average molecular weight is 342 g/mol. The van der Waals surface area contributed by atoms with Gasteiger partial charge in [0.05, 0.1) is 6.61 Å². The largest absolute Gasteiger partial charge is 0.494 e. The Bertz CT molecular complexity index is 771. The molecular formula is C19H26N4O2. The molecule has 1 aromatic carbocycles. The second-order valence-corrected chi connectivity index (χ2v) is 7.03. The van der Waals surface area contributed by atoms with Crippen LogP contribution in [0.3, 0.4) is 0 Å². The Morgan fingerprint density at radius 3 is 3.08 bits per heavy atom. The van der Waals surface area contributed by atoms with Gasteiger partial charge < -0.3 is 19.4 Å². The van der Waals surface area contributed by atoms with Crippen molar-refractivity contribution >= 4 is 0 Å². The molecule has 2 unspecified atom stereocenters. The summed E-state index contributed by atoms with van der Waals surface area (Å²) in [5.74, 6) is 4.08. The lowest BCUT2D eigenvalue weighted by Crippen LogP contribution is -2.37. The highest BCUT2D eigenvalue weighted by atomic mass is 16.5. The minimum atomic E-state index is 0.238. The molecule has 0 amide bonds. The molecule has 6 heteroatoms. The zero-order valence-corrected chi connectivity index (χ0v) is 15.2. The van der Waals surface area contributed by atoms with Crippen LogP contribution in [0.1, 0.15) is 43.0 Å². The number of fused-ring (bicyclic) bond motifs is 2. The fourth-order valence-corrected chi connectivity index (χ4v) is 3.84. The first-order chi connectivity index (χ1) is 12.1. The first-order valence-corrected chi connectivity index (χ1v) is 9.21. The van der Waals surface area contributed by atoms with Crippen molar-refractivity contribution in [1.82, 2.24) is 20.1 Å². The van der Waals surface area contributed by atoms with E-state index in [-0.39, 0.29) is 6.10 Å². The van der Waals surface area contributed by atoms with Crippen LogP contribution in [0.5, 0.6) is 11.5 Å². The summed E-state index contributed by atoms with van der Waals surface area (Å²) in [7, 11) is 0. The minimum Gasteiger partial charge on any atom is -0.494 e. The lowest BCUT2D eigenvalue weighted by molar-refractivity contribution is 0.251. The Labute approximate surface area is 148 Å². The van der Waals surface area contributed by atoms with Crippen molar-refractivity contribution < 1.29 is 9.47 Å². The molecule has 25 heavy (non-hydrogen) atoms. The van der Waals surface area contributed by atoms with Gasteiger partial charge in [-0.15, -0.1) is 10.2 Å². The van der Waals surface area contributed by atoms with Crippen molar-refractivity contribution in [2.24, 2.45) is 0 Å². The maximum Gasteiger partial charge on any atom is 0.133 e. The van der Waals surface area contributed by atoms with Gasteiger partial charge in [0.15, 0.2) is 0 Å². The predicted molar refractivity (Wildman–Crippen MR) is 95.1 cm³/mol. The van der Waals surface area contributed by atoms with Crippen LogP contribution in [0.25, 0.3) is 0 Å². The first-order valence-electron chi connectivity index (χ1n) is 9.21. The van der Waals surface area contributed by atoms with E-state index in [0.717, 1.165) is 55.5 Å². The molecule has 0 radical (unpaired) electrons. The standard InChI is InChI=1S/C19H26N4O2/c1-4-24-17-8-14-7-12(2)25-19(14)15(9-17)10-20-16-5-6-18-22-21-13(3)23(18)11-16/h8-9,12,16,20H,4-7,10-11H2,1-3H3. The molecule has 2 aromatic rings.